The van der Waals surface area contributed by atoms with Crippen LogP contribution in [0.2, 0.25) is 0 Å². The van der Waals surface area contributed by atoms with E-state index >= 15 is 0 Å². The van der Waals surface area contributed by atoms with Crippen LogP contribution in [0.1, 0.15) is 37.8 Å². The van der Waals surface area contributed by atoms with E-state index in [4.69, 9.17) is 4.74 Å². The van der Waals surface area contributed by atoms with Crippen LogP contribution in [0.3, 0.4) is 0 Å². The van der Waals surface area contributed by atoms with Crippen LogP contribution in [0.25, 0.3) is 16.3 Å². The molecule has 1 atom stereocenters. The summed E-state index contributed by atoms with van der Waals surface area (Å²) in [6.07, 6.45) is 12.8. The minimum Gasteiger partial charge on any atom is -0.448 e. The van der Waals surface area contributed by atoms with Crippen molar-refractivity contribution in [3.8, 4) is 5.75 Å². The third-order valence-electron chi connectivity index (χ3n) is 6.39. The van der Waals surface area contributed by atoms with Crippen LogP contribution in [-0.4, -0.2) is 5.71 Å². The molecule has 0 aromatic heterocycles. The van der Waals surface area contributed by atoms with Gasteiger partial charge in [-0.15, -0.1) is 0 Å². The molecule has 2 heteroatoms. The molecule has 2 nitrogen and oxygen atoms in total. The maximum absolute atomic E-state index is 6.52. The topological polar surface area (TPSA) is 21.6 Å². The van der Waals surface area contributed by atoms with Gasteiger partial charge in [-0.05, 0) is 66.3 Å². The molecule has 0 aliphatic heterocycles. The summed E-state index contributed by atoms with van der Waals surface area (Å²) < 4.78 is 6.52. The van der Waals surface area contributed by atoms with Crippen molar-refractivity contribution in [2.75, 3.05) is 0 Å². The number of benzene rings is 2. The molecule has 0 bridgehead atoms. The van der Waals surface area contributed by atoms with Crippen LogP contribution in [0.15, 0.2) is 95.2 Å². The zero-order valence-electron chi connectivity index (χ0n) is 19.4. The van der Waals surface area contributed by atoms with Gasteiger partial charge < -0.3 is 4.74 Å². The smallest absolute Gasteiger partial charge is 0.179 e. The number of aliphatic imine (C=N–C) groups is 1. The van der Waals surface area contributed by atoms with E-state index in [0.29, 0.717) is 5.75 Å². The van der Waals surface area contributed by atoms with Gasteiger partial charge in [0.2, 0.25) is 0 Å². The Bertz CT molecular complexity index is 1370. The number of rotatable bonds is 5. The Hall–Kier alpha value is -3.83. The molecule has 3 aromatic carbocycles. The van der Waals surface area contributed by atoms with Crippen LogP contribution in [0.5, 0.6) is 5.75 Å². The minimum absolute atomic E-state index is 0.257. The lowest BCUT2D eigenvalue weighted by Gasteiger charge is -2.30. The predicted molar refractivity (Wildman–Crippen MR) is 138 cm³/mol. The Morgan fingerprint density at radius 2 is 2.03 bits per heavy atom. The number of aryl methyl sites for hydroxylation is 1. The average Bonchev–Trinajstić information content (AvgIpc) is 2.84. The van der Waals surface area contributed by atoms with Crippen LogP contribution < -0.4 is 4.74 Å². The van der Waals surface area contributed by atoms with Crippen LogP contribution in [0.4, 0.5) is 5.69 Å². The highest BCUT2D eigenvalue weighted by Gasteiger charge is 2.29. The first-order chi connectivity index (χ1) is 16.1. The Labute approximate surface area is 196 Å². The molecule has 33 heavy (non-hydrogen) atoms. The summed E-state index contributed by atoms with van der Waals surface area (Å²) in [5.41, 5.74) is 6.98. The molecule has 0 saturated carbocycles. The lowest BCUT2D eigenvalue weighted by atomic mass is 9.76. The van der Waals surface area contributed by atoms with E-state index in [2.05, 4.69) is 97.8 Å². The Balaban J connectivity index is 1.67. The van der Waals surface area contributed by atoms with Crippen molar-refractivity contribution in [3.63, 3.8) is 0 Å². The largest absolute Gasteiger partial charge is 0.448 e. The van der Waals surface area contributed by atoms with Gasteiger partial charge in [0, 0.05) is 29.3 Å². The summed E-state index contributed by atoms with van der Waals surface area (Å²) in [7, 11) is 0. The number of ether oxygens (including phenoxy) is 1. The van der Waals surface area contributed by atoms with E-state index < -0.39 is 0 Å². The molecule has 5 rings (SSSR count). The van der Waals surface area contributed by atoms with Gasteiger partial charge in [-0.2, -0.15) is 0 Å². The van der Waals surface area contributed by atoms with Crippen LogP contribution in [-0.2, 0) is 0 Å². The fourth-order valence-corrected chi connectivity index (χ4v) is 4.59. The molecule has 0 heterocycles. The summed E-state index contributed by atoms with van der Waals surface area (Å²) in [6.45, 7) is 6.33. The molecule has 1 unspecified atom stereocenters. The van der Waals surface area contributed by atoms with Crippen molar-refractivity contribution in [2.45, 2.75) is 33.6 Å². The van der Waals surface area contributed by atoms with Gasteiger partial charge in [0.15, 0.2) is 5.75 Å². The third-order valence-corrected chi connectivity index (χ3v) is 6.39. The van der Waals surface area contributed by atoms with Gasteiger partial charge in [-0.25, -0.2) is 0 Å². The lowest BCUT2D eigenvalue weighted by Crippen LogP contribution is -2.16. The van der Waals surface area contributed by atoms with E-state index in [-0.39, 0.29) is 5.92 Å². The van der Waals surface area contributed by atoms with E-state index in [9.17, 15) is 0 Å². The molecule has 0 spiro atoms. The maximum Gasteiger partial charge on any atom is 0.179 e. The first kappa shape index (κ1) is 21.0. The monoisotopic (exact) mass is 429 g/mol. The van der Waals surface area contributed by atoms with E-state index in [1.807, 2.05) is 19.1 Å². The van der Waals surface area contributed by atoms with Crippen molar-refractivity contribution < 1.29 is 4.74 Å². The van der Waals surface area contributed by atoms with E-state index in [1.54, 1.807) is 0 Å². The SMILES string of the molecule is CCC(C)=Nc1cc#cc(OC2=C(c3c(C)ccc4ccccc34)C3CC=CC=C3C=C2)c1. The predicted octanol–water partition coefficient (Wildman–Crippen LogP) is 8.11. The fourth-order valence-electron chi connectivity index (χ4n) is 4.59. The molecule has 0 radical (unpaired) electrons. The highest BCUT2D eigenvalue weighted by Crippen LogP contribution is 2.44. The molecule has 0 fully saturated rings. The van der Waals surface area contributed by atoms with Crippen molar-refractivity contribution in [3.05, 3.63) is 114 Å². The second-order valence-corrected chi connectivity index (χ2v) is 8.62. The quantitative estimate of drug-likeness (QED) is 0.375. The minimum atomic E-state index is 0.257. The second kappa shape index (κ2) is 8.96. The van der Waals surface area contributed by atoms with Crippen molar-refractivity contribution in [1.29, 1.82) is 0 Å². The lowest BCUT2D eigenvalue weighted by molar-refractivity contribution is 0.440. The first-order valence-corrected chi connectivity index (χ1v) is 11.6. The van der Waals surface area contributed by atoms with Crippen LogP contribution >= 0.6 is 0 Å². The molecule has 2 aliphatic carbocycles. The Morgan fingerprint density at radius 1 is 1.15 bits per heavy atom. The molecule has 0 saturated heterocycles. The van der Waals surface area contributed by atoms with Crippen molar-refractivity contribution in [1.82, 2.24) is 0 Å². The van der Waals surface area contributed by atoms with Gasteiger partial charge in [-0.1, -0.05) is 73.7 Å². The number of nitrogens with zero attached hydrogens (tertiary/aromatic N) is 1. The summed E-state index contributed by atoms with van der Waals surface area (Å²) >= 11 is 0. The highest BCUT2D eigenvalue weighted by molar-refractivity contribution is 5.97. The highest BCUT2D eigenvalue weighted by atomic mass is 16.5. The van der Waals surface area contributed by atoms with Gasteiger partial charge in [0.05, 0.1) is 5.69 Å². The summed E-state index contributed by atoms with van der Waals surface area (Å²) in [5.74, 6) is 1.76. The second-order valence-electron chi connectivity index (χ2n) is 8.62. The average molecular weight is 430 g/mol. The van der Waals surface area contributed by atoms with Crippen molar-refractivity contribution >= 4 is 27.7 Å². The summed E-state index contributed by atoms with van der Waals surface area (Å²) in [5, 5.41) is 2.49. The molecule has 162 valence electrons. The van der Waals surface area contributed by atoms with Crippen molar-refractivity contribution in [2.24, 2.45) is 10.9 Å². The Morgan fingerprint density at radius 3 is 2.91 bits per heavy atom. The molecule has 0 N–H and O–H groups in total. The summed E-state index contributed by atoms with van der Waals surface area (Å²) in [4.78, 5) is 4.66. The molecular formula is C31H27NO. The fraction of sp³-hybridized carbons (Fsp3) is 0.194. The van der Waals surface area contributed by atoms with Gasteiger partial charge in [0.1, 0.15) is 5.76 Å². The van der Waals surface area contributed by atoms with Gasteiger partial charge in [0.25, 0.3) is 0 Å². The Kier molecular flexibility index (Phi) is 5.71. The molecule has 3 aromatic rings. The van der Waals surface area contributed by atoms with E-state index in [1.165, 1.54) is 33.0 Å². The van der Waals surface area contributed by atoms with Crippen LogP contribution in [0, 0.1) is 25.0 Å². The third kappa shape index (κ3) is 4.15. The number of fused-ring (bicyclic) bond motifs is 2. The first-order valence-electron chi connectivity index (χ1n) is 11.6. The standard InChI is InChI=1S/C31H27NO/c1-4-22(3)32-25-12-9-13-26(20-25)33-29-19-18-24-11-6-8-15-28(24)31(29)30-21(2)16-17-23-10-5-7-14-27(23)30/h5-8,10-12,14,16-20,28H,4,15H2,1-3H3. The molecule has 2 aliphatic rings. The number of hydrogen-bond acceptors (Lipinski definition) is 2. The number of allylic oxidation sites excluding steroid dienone is 7. The zero-order valence-corrected chi connectivity index (χ0v) is 19.4. The summed E-state index contributed by atoms with van der Waals surface area (Å²) in [6, 6.07) is 23.0. The molecule has 0 amide bonds. The van der Waals surface area contributed by atoms with E-state index in [0.717, 1.165) is 30.0 Å². The van der Waals surface area contributed by atoms with Gasteiger partial charge in [-0.3, -0.25) is 4.99 Å². The van der Waals surface area contributed by atoms with Gasteiger partial charge >= 0.3 is 0 Å². The maximum atomic E-state index is 6.52. The zero-order chi connectivity index (χ0) is 22.8. The number of hydrogen-bond donors (Lipinski definition) is 0. The molecular weight excluding hydrogens is 402 g/mol. The normalized spacial score (nSPS) is 17.6.